The molecule has 1 rings (SSSR count). The molecule has 0 heterocycles. The minimum absolute atomic E-state index is 0.212. The van der Waals surface area contributed by atoms with Gasteiger partial charge in [0.15, 0.2) is 0 Å². The molecule has 0 spiro atoms. The summed E-state index contributed by atoms with van der Waals surface area (Å²) in [6.07, 6.45) is 4.73. The molecular weight excluding hydrogens is 450 g/mol. The van der Waals surface area contributed by atoms with Crippen LogP contribution < -0.4 is 10.6 Å². The minimum Gasteiger partial charge on any atom is -0.444 e. The minimum atomic E-state index is -0.789. The van der Waals surface area contributed by atoms with Crippen LogP contribution in [0.4, 0.5) is 4.79 Å². The highest BCUT2D eigenvalue weighted by atomic mass is 32.2. The predicted molar refractivity (Wildman–Crippen MR) is 140 cm³/mol. The molecule has 0 aliphatic heterocycles. The predicted octanol–water partition coefficient (Wildman–Crippen LogP) is 4.84. The molecule has 2 N–H and O–H groups in total. The highest BCUT2D eigenvalue weighted by Gasteiger charge is 2.35. The van der Waals surface area contributed by atoms with Crippen molar-refractivity contribution in [3.05, 3.63) is 35.4 Å². The first-order valence-corrected chi connectivity index (χ1v) is 13.6. The third kappa shape index (κ3) is 10.4. The first kappa shape index (κ1) is 29.8. The summed E-state index contributed by atoms with van der Waals surface area (Å²) in [5, 5.41) is 5.75. The lowest BCUT2D eigenvalue weighted by Gasteiger charge is -2.33. The van der Waals surface area contributed by atoms with Gasteiger partial charge in [0.25, 0.3) is 0 Å². The molecule has 1 aromatic rings. The molecule has 0 saturated heterocycles. The molecule has 2 unspecified atom stereocenters. The van der Waals surface area contributed by atoms with E-state index in [1.807, 2.05) is 44.4 Å². The number of thioether (sulfide) groups is 1. The van der Waals surface area contributed by atoms with Crippen molar-refractivity contribution in [1.29, 1.82) is 0 Å². The Bertz CT molecular complexity index is 777. The van der Waals surface area contributed by atoms with Crippen molar-refractivity contribution < 1.29 is 19.1 Å². The van der Waals surface area contributed by atoms with Gasteiger partial charge in [-0.25, -0.2) is 4.79 Å². The van der Waals surface area contributed by atoms with Crippen molar-refractivity contribution >= 4 is 29.7 Å². The zero-order valence-electron chi connectivity index (χ0n) is 21.9. The highest BCUT2D eigenvalue weighted by Crippen LogP contribution is 2.24. The number of nitrogens with one attached hydrogen (secondary N) is 2. The van der Waals surface area contributed by atoms with E-state index in [-0.39, 0.29) is 11.8 Å². The zero-order valence-corrected chi connectivity index (χ0v) is 22.7. The molecule has 192 valence electrons. The summed E-state index contributed by atoms with van der Waals surface area (Å²) in [5.74, 6) is 0.176. The number of hydrogen-bond acceptors (Lipinski definition) is 5. The molecule has 3 amide bonds. The first-order valence-electron chi connectivity index (χ1n) is 12.2. The number of carbonyl (C=O) groups is 3. The Morgan fingerprint density at radius 2 is 1.74 bits per heavy atom. The Kier molecular flexibility index (Phi) is 13.1. The normalized spacial score (nSPS) is 13.0. The first-order chi connectivity index (χ1) is 16.0. The van der Waals surface area contributed by atoms with Crippen LogP contribution in [0.15, 0.2) is 24.3 Å². The fourth-order valence-corrected chi connectivity index (χ4v) is 3.98. The molecule has 34 heavy (non-hydrogen) atoms. The molecule has 0 radical (unpaired) electrons. The van der Waals surface area contributed by atoms with E-state index in [1.54, 1.807) is 37.4 Å². The Hall–Kier alpha value is -2.22. The number of hydrogen-bond donors (Lipinski definition) is 2. The number of rotatable bonds is 13. The monoisotopic (exact) mass is 493 g/mol. The molecule has 1 aromatic carbocycles. The average Bonchev–Trinajstić information content (AvgIpc) is 2.76. The molecule has 0 fully saturated rings. The van der Waals surface area contributed by atoms with E-state index < -0.39 is 23.8 Å². The van der Waals surface area contributed by atoms with Gasteiger partial charge < -0.3 is 20.3 Å². The van der Waals surface area contributed by atoms with Crippen molar-refractivity contribution in [2.24, 2.45) is 0 Å². The summed E-state index contributed by atoms with van der Waals surface area (Å²) in [4.78, 5) is 41.1. The summed E-state index contributed by atoms with van der Waals surface area (Å²) in [7, 11) is 0. The van der Waals surface area contributed by atoms with Crippen LogP contribution in [0.25, 0.3) is 0 Å². The number of amides is 3. The van der Waals surface area contributed by atoms with Crippen LogP contribution in [0.1, 0.15) is 77.5 Å². The fourth-order valence-electron chi connectivity index (χ4n) is 3.51. The number of carbonyl (C=O) groups excluding carboxylic acids is 3. The summed E-state index contributed by atoms with van der Waals surface area (Å²) < 4.78 is 5.39. The molecule has 8 heteroatoms. The van der Waals surface area contributed by atoms with Gasteiger partial charge in [-0.3, -0.25) is 9.59 Å². The van der Waals surface area contributed by atoms with Gasteiger partial charge >= 0.3 is 6.09 Å². The maximum atomic E-state index is 13.7. The number of nitrogens with zero attached hydrogens (tertiary/aromatic N) is 1. The third-order valence-corrected chi connectivity index (χ3v) is 5.90. The van der Waals surface area contributed by atoms with Crippen LogP contribution in [0.2, 0.25) is 0 Å². The van der Waals surface area contributed by atoms with Crippen LogP contribution in [0.3, 0.4) is 0 Å². The maximum absolute atomic E-state index is 13.7. The quantitative estimate of drug-likeness (QED) is 0.384. The van der Waals surface area contributed by atoms with Crippen molar-refractivity contribution in [2.45, 2.75) is 84.9 Å². The molecule has 0 aliphatic rings. The van der Waals surface area contributed by atoms with Crippen molar-refractivity contribution in [2.75, 3.05) is 25.1 Å². The Morgan fingerprint density at radius 1 is 1.09 bits per heavy atom. The summed E-state index contributed by atoms with van der Waals surface area (Å²) in [6.45, 7) is 12.2. The number of unbranched alkanes of at least 4 members (excludes halogenated alkanes) is 2. The Balaban J connectivity index is 3.22. The highest BCUT2D eigenvalue weighted by molar-refractivity contribution is 7.98. The van der Waals surface area contributed by atoms with E-state index in [9.17, 15) is 14.4 Å². The van der Waals surface area contributed by atoms with Crippen LogP contribution in [-0.2, 0) is 14.3 Å². The molecule has 7 nitrogen and oxygen atoms in total. The summed E-state index contributed by atoms with van der Waals surface area (Å²) >= 11 is 1.59. The third-order valence-electron chi connectivity index (χ3n) is 5.26. The van der Waals surface area contributed by atoms with Crippen molar-refractivity contribution in [3.63, 3.8) is 0 Å². The summed E-state index contributed by atoms with van der Waals surface area (Å²) in [6, 6.07) is 6.09. The summed E-state index contributed by atoms with van der Waals surface area (Å²) in [5.41, 5.74) is 1.14. The Labute approximate surface area is 209 Å². The smallest absolute Gasteiger partial charge is 0.408 e. The second kappa shape index (κ2) is 14.9. The number of benzene rings is 1. The number of ether oxygens (including phenoxy) is 1. The van der Waals surface area contributed by atoms with Gasteiger partial charge in [0, 0.05) is 13.1 Å². The van der Waals surface area contributed by atoms with Crippen LogP contribution in [0.5, 0.6) is 0 Å². The molecule has 0 aliphatic carbocycles. The van der Waals surface area contributed by atoms with Gasteiger partial charge in [0.2, 0.25) is 11.8 Å². The average molecular weight is 494 g/mol. The van der Waals surface area contributed by atoms with Gasteiger partial charge in [0.05, 0.1) is 0 Å². The SMILES string of the molecule is CCCCCNC(=O)C(c1ccc(C)cc1)N(CC)C(=O)C(CCSC)NC(=O)OC(C)(C)C. The topological polar surface area (TPSA) is 87.7 Å². The second-order valence-electron chi connectivity index (χ2n) is 9.42. The van der Waals surface area contributed by atoms with E-state index in [0.29, 0.717) is 25.3 Å². The maximum Gasteiger partial charge on any atom is 0.408 e. The van der Waals surface area contributed by atoms with Gasteiger partial charge in [-0.2, -0.15) is 11.8 Å². The van der Waals surface area contributed by atoms with E-state index in [1.165, 1.54) is 0 Å². The van der Waals surface area contributed by atoms with Gasteiger partial charge in [-0.15, -0.1) is 0 Å². The lowest BCUT2D eigenvalue weighted by Crippen LogP contribution is -2.53. The van der Waals surface area contributed by atoms with Gasteiger partial charge in [-0.1, -0.05) is 49.6 Å². The van der Waals surface area contributed by atoms with E-state index >= 15 is 0 Å². The van der Waals surface area contributed by atoms with Gasteiger partial charge in [0.1, 0.15) is 17.7 Å². The van der Waals surface area contributed by atoms with Crippen molar-refractivity contribution in [3.8, 4) is 0 Å². The fraction of sp³-hybridized carbons (Fsp3) is 0.654. The number of likely N-dealkylation sites (N-methyl/N-ethyl adjacent to an activating group) is 1. The molecule has 2 atom stereocenters. The van der Waals surface area contributed by atoms with E-state index in [4.69, 9.17) is 4.74 Å². The van der Waals surface area contributed by atoms with E-state index in [0.717, 1.165) is 30.4 Å². The molecule has 0 saturated carbocycles. The van der Waals surface area contributed by atoms with Gasteiger partial charge in [-0.05, 0) is 65.0 Å². The zero-order chi connectivity index (χ0) is 25.7. The number of aryl methyl sites for hydroxylation is 1. The lowest BCUT2D eigenvalue weighted by atomic mass is 10.0. The van der Waals surface area contributed by atoms with E-state index in [2.05, 4.69) is 17.6 Å². The van der Waals surface area contributed by atoms with Crippen LogP contribution in [-0.4, -0.2) is 59.5 Å². The second-order valence-corrected chi connectivity index (χ2v) is 10.4. The molecule has 0 aromatic heterocycles. The largest absolute Gasteiger partial charge is 0.444 e. The Morgan fingerprint density at radius 3 is 2.26 bits per heavy atom. The standard InChI is InChI=1S/C26H43N3O4S/c1-8-10-11-17-27-23(30)22(20-14-12-19(3)13-15-20)29(9-2)24(31)21(16-18-34-7)28-25(32)33-26(4,5)6/h12-15,21-22H,8-11,16-18H2,1-7H3,(H,27,30)(H,28,32). The van der Waals surface area contributed by atoms with Crippen molar-refractivity contribution in [1.82, 2.24) is 15.5 Å². The molecular formula is C26H43N3O4S. The van der Waals surface area contributed by atoms with Crippen LogP contribution in [0, 0.1) is 6.92 Å². The lowest BCUT2D eigenvalue weighted by molar-refractivity contribution is -0.142. The van der Waals surface area contributed by atoms with Crippen LogP contribution >= 0.6 is 11.8 Å². The molecule has 0 bridgehead atoms. The number of alkyl carbamates (subject to hydrolysis) is 1.